The van der Waals surface area contributed by atoms with Crippen LogP contribution in [0.4, 0.5) is 9.59 Å². The SMILES string of the molecule is COC(=O)NC[C@@](C)(C(=O)OC)n1ccnc1C.COC(=O)NC[C@@](C)(C(=O)OC)n1ccnc1C. The highest BCUT2D eigenvalue weighted by molar-refractivity contribution is 5.80. The van der Waals surface area contributed by atoms with Gasteiger partial charge in [-0.25, -0.2) is 29.1 Å². The maximum atomic E-state index is 11.9. The summed E-state index contributed by atoms with van der Waals surface area (Å²) in [5, 5.41) is 4.99. The number of carbonyl (C=O) groups excluding carboxylic acids is 4. The van der Waals surface area contributed by atoms with Crippen molar-refractivity contribution in [3.8, 4) is 0 Å². The van der Waals surface area contributed by atoms with Gasteiger partial charge >= 0.3 is 24.1 Å². The average Bonchev–Trinajstić information content (AvgIpc) is 3.52. The van der Waals surface area contributed by atoms with Gasteiger partial charge in [0.25, 0.3) is 0 Å². The molecular formula is C22H34N6O8. The van der Waals surface area contributed by atoms with E-state index in [0.717, 1.165) is 0 Å². The number of methoxy groups -OCH3 is 4. The maximum absolute atomic E-state index is 11.9. The number of hydrogen-bond donors (Lipinski definition) is 2. The molecule has 0 aliphatic heterocycles. The fourth-order valence-electron chi connectivity index (χ4n) is 3.38. The van der Waals surface area contributed by atoms with Crippen molar-refractivity contribution in [1.82, 2.24) is 29.7 Å². The molecule has 2 N–H and O–H groups in total. The molecule has 0 bridgehead atoms. The van der Waals surface area contributed by atoms with Crippen LogP contribution in [-0.4, -0.2) is 84.8 Å². The van der Waals surface area contributed by atoms with Gasteiger partial charge in [0.2, 0.25) is 0 Å². The largest absolute Gasteiger partial charge is 0.467 e. The minimum Gasteiger partial charge on any atom is -0.467 e. The lowest BCUT2D eigenvalue weighted by Gasteiger charge is -2.29. The van der Waals surface area contributed by atoms with Crippen LogP contribution in [0.3, 0.4) is 0 Å². The van der Waals surface area contributed by atoms with E-state index in [4.69, 9.17) is 9.47 Å². The van der Waals surface area contributed by atoms with Crippen LogP contribution in [0.25, 0.3) is 0 Å². The Morgan fingerprint density at radius 2 is 1.06 bits per heavy atom. The molecule has 36 heavy (non-hydrogen) atoms. The molecule has 0 aliphatic rings. The van der Waals surface area contributed by atoms with Crippen LogP contribution in [0.2, 0.25) is 0 Å². The molecule has 2 rings (SSSR count). The zero-order valence-corrected chi connectivity index (χ0v) is 21.8. The van der Waals surface area contributed by atoms with Gasteiger partial charge < -0.3 is 38.7 Å². The Hall–Kier alpha value is -4.10. The van der Waals surface area contributed by atoms with E-state index in [0.29, 0.717) is 11.6 Å². The lowest BCUT2D eigenvalue weighted by atomic mass is 10.0. The van der Waals surface area contributed by atoms with E-state index in [1.807, 2.05) is 0 Å². The van der Waals surface area contributed by atoms with Crippen LogP contribution in [0.1, 0.15) is 25.5 Å². The third kappa shape index (κ3) is 6.96. The van der Waals surface area contributed by atoms with Gasteiger partial charge in [0, 0.05) is 24.8 Å². The van der Waals surface area contributed by atoms with E-state index in [2.05, 4.69) is 30.1 Å². The second-order valence-electron chi connectivity index (χ2n) is 7.91. The Kier molecular flexibility index (Phi) is 10.9. The number of amides is 2. The molecule has 2 atom stereocenters. The molecular weight excluding hydrogens is 476 g/mol. The molecule has 14 nitrogen and oxygen atoms in total. The van der Waals surface area contributed by atoms with Gasteiger partial charge in [-0.05, 0) is 27.7 Å². The molecule has 2 aromatic heterocycles. The van der Waals surface area contributed by atoms with Crippen molar-refractivity contribution in [1.29, 1.82) is 0 Å². The molecule has 2 amide bonds. The van der Waals surface area contributed by atoms with Crippen LogP contribution in [-0.2, 0) is 39.6 Å². The summed E-state index contributed by atoms with van der Waals surface area (Å²) in [7, 11) is 5.11. The first-order valence-electron chi connectivity index (χ1n) is 10.7. The number of alkyl carbamates (subject to hydrolysis) is 2. The quantitative estimate of drug-likeness (QED) is 0.384. The minimum atomic E-state index is -1.07. The van der Waals surface area contributed by atoms with Gasteiger partial charge in [-0.3, -0.25) is 0 Å². The van der Waals surface area contributed by atoms with Gasteiger partial charge in [-0.15, -0.1) is 0 Å². The maximum Gasteiger partial charge on any atom is 0.406 e. The highest BCUT2D eigenvalue weighted by atomic mass is 16.5. The summed E-state index contributed by atoms with van der Waals surface area (Å²) < 4.78 is 21.8. The Morgan fingerprint density at radius 1 is 0.722 bits per heavy atom. The predicted molar refractivity (Wildman–Crippen MR) is 126 cm³/mol. The molecule has 2 aromatic rings. The zero-order valence-electron chi connectivity index (χ0n) is 21.8. The van der Waals surface area contributed by atoms with Crippen molar-refractivity contribution in [3.63, 3.8) is 0 Å². The first kappa shape index (κ1) is 29.9. The standard InChI is InChI=1S/2C11H17N3O4/c2*1-8-12-5-6-14(8)11(2,9(15)17-3)7-13-10(16)18-4/h2*5-6H,7H2,1-4H3,(H,13,16)/t2*11-/m00/s1. The lowest BCUT2D eigenvalue weighted by Crippen LogP contribution is -2.49. The second-order valence-corrected chi connectivity index (χ2v) is 7.91. The Balaban J connectivity index is 0.000000360. The number of carbonyl (C=O) groups is 4. The predicted octanol–water partition coefficient (Wildman–Crippen LogP) is 0.871. The van der Waals surface area contributed by atoms with Gasteiger partial charge in [0.15, 0.2) is 11.1 Å². The highest BCUT2D eigenvalue weighted by Crippen LogP contribution is 2.20. The van der Waals surface area contributed by atoms with Crippen molar-refractivity contribution < 1.29 is 38.1 Å². The van der Waals surface area contributed by atoms with Crippen LogP contribution in [0.5, 0.6) is 0 Å². The number of nitrogens with one attached hydrogen (secondary N) is 2. The van der Waals surface area contributed by atoms with E-state index in [1.165, 1.54) is 28.4 Å². The topological polar surface area (TPSA) is 165 Å². The fraction of sp³-hybridized carbons (Fsp3) is 0.545. The van der Waals surface area contributed by atoms with Crippen molar-refractivity contribution >= 4 is 24.1 Å². The van der Waals surface area contributed by atoms with Gasteiger partial charge in [-0.1, -0.05) is 0 Å². The number of nitrogens with zero attached hydrogens (tertiary/aromatic N) is 4. The number of rotatable bonds is 8. The highest BCUT2D eigenvalue weighted by Gasteiger charge is 2.38. The molecule has 0 fully saturated rings. The second kappa shape index (κ2) is 13.1. The van der Waals surface area contributed by atoms with Crippen molar-refractivity contribution in [2.75, 3.05) is 41.5 Å². The lowest BCUT2D eigenvalue weighted by molar-refractivity contribution is -0.151. The van der Waals surface area contributed by atoms with Crippen LogP contribution < -0.4 is 10.6 Å². The molecule has 14 heteroatoms. The number of ether oxygens (including phenoxy) is 4. The number of esters is 2. The summed E-state index contributed by atoms with van der Waals surface area (Å²) in [5.41, 5.74) is -2.13. The number of aryl methyl sites for hydroxylation is 2. The van der Waals surface area contributed by atoms with Gasteiger partial charge in [0.1, 0.15) is 11.6 Å². The number of hydrogen-bond acceptors (Lipinski definition) is 10. The van der Waals surface area contributed by atoms with E-state index in [9.17, 15) is 19.2 Å². The zero-order chi connectivity index (χ0) is 27.5. The third-order valence-electron chi connectivity index (χ3n) is 5.49. The van der Waals surface area contributed by atoms with Crippen LogP contribution in [0.15, 0.2) is 24.8 Å². The number of aromatic nitrogens is 4. The normalized spacial score (nSPS) is 13.6. The van der Waals surface area contributed by atoms with E-state index < -0.39 is 35.2 Å². The summed E-state index contributed by atoms with van der Waals surface area (Å²) in [6, 6.07) is 0. The monoisotopic (exact) mass is 510 g/mol. The van der Waals surface area contributed by atoms with Crippen molar-refractivity contribution in [3.05, 3.63) is 36.4 Å². The summed E-state index contributed by atoms with van der Waals surface area (Å²) in [6.07, 6.45) is 5.26. The summed E-state index contributed by atoms with van der Waals surface area (Å²) in [6.45, 7) is 6.93. The van der Waals surface area contributed by atoms with Gasteiger partial charge in [0.05, 0.1) is 41.5 Å². The Labute approximate surface area is 209 Å². The first-order chi connectivity index (χ1) is 16.9. The molecule has 0 saturated heterocycles. The average molecular weight is 511 g/mol. The van der Waals surface area contributed by atoms with Crippen LogP contribution in [0, 0.1) is 13.8 Å². The molecule has 0 aromatic carbocycles. The third-order valence-corrected chi connectivity index (χ3v) is 5.49. The molecule has 0 unspecified atom stereocenters. The van der Waals surface area contributed by atoms with Crippen molar-refractivity contribution in [2.45, 2.75) is 38.8 Å². The molecule has 0 spiro atoms. The van der Waals surface area contributed by atoms with E-state index in [1.54, 1.807) is 61.6 Å². The summed E-state index contributed by atoms with van der Waals surface area (Å²) in [5.74, 6) is 0.351. The Bertz CT molecular complexity index is 969. The molecule has 200 valence electrons. The van der Waals surface area contributed by atoms with Gasteiger partial charge in [-0.2, -0.15) is 0 Å². The summed E-state index contributed by atoms with van der Waals surface area (Å²) >= 11 is 0. The summed E-state index contributed by atoms with van der Waals surface area (Å²) in [4.78, 5) is 54.2. The van der Waals surface area contributed by atoms with Crippen LogP contribution >= 0.6 is 0 Å². The van der Waals surface area contributed by atoms with Crippen molar-refractivity contribution in [2.24, 2.45) is 0 Å². The smallest absolute Gasteiger partial charge is 0.406 e. The van der Waals surface area contributed by atoms with E-state index >= 15 is 0 Å². The fourth-order valence-corrected chi connectivity index (χ4v) is 3.38. The van der Waals surface area contributed by atoms with E-state index in [-0.39, 0.29) is 13.1 Å². The Morgan fingerprint density at radius 3 is 1.28 bits per heavy atom. The molecule has 2 heterocycles. The molecule has 0 saturated carbocycles. The molecule has 0 radical (unpaired) electrons. The number of imidazole rings is 2. The minimum absolute atomic E-state index is 0.0452. The molecule has 0 aliphatic carbocycles. The first-order valence-corrected chi connectivity index (χ1v) is 10.7.